The van der Waals surface area contributed by atoms with Gasteiger partial charge < -0.3 is 15.0 Å². The average Bonchev–Trinajstić information content (AvgIpc) is 3.74. The highest BCUT2D eigenvalue weighted by molar-refractivity contribution is 7.15. The third-order valence-electron chi connectivity index (χ3n) is 13.5. The fraction of sp³-hybridized carbons (Fsp3) is 0.457. The number of ether oxygens (including phenoxy) is 1. The Balaban J connectivity index is 0.753. The highest BCUT2D eigenvalue weighted by Crippen LogP contribution is 2.49. The number of fused-ring (bicyclic) bond motifs is 3. The molecule has 2 aromatic carbocycles. The summed E-state index contributed by atoms with van der Waals surface area (Å²) in [7, 11) is 0. The van der Waals surface area contributed by atoms with E-state index in [4.69, 9.17) is 26.6 Å². The van der Waals surface area contributed by atoms with Crippen LogP contribution < -0.4 is 15.0 Å². The lowest BCUT2D eigenvalue weighted by molar-refractivity contribution is 0.0888. The van der Waals surface area contributed by atoms with Crippen LogP contribution in [-0.4, -0.2) is 61.8 Å². The highest BCUT2D eigenvalue weighted by atomic mass is 35.5. The van der Waals surface area contributed by atoms with Gasteiger partial charge in [-0.05, 0) is 139 Å². The molecule has 13 heteroatoms. The fourth-order valence-corrected chi connectivity index (χ4v) is 11.1. The molecular weight excluding hydrogens is 778 g/mol. The van der Waals surface area contributed by atoms with E-state index in [1.54, 1.807) is 35.6 Å². The van der Waals surface area contributed by atoms with Crippen LogP contribution in [0, 0.1) is 37.5 Å². The molecule has 1 atom stereocenters. The second kappa shape index (κ2) is 16.1. The number of carbonyl (C=O) groups is 1. The van der Waals surface area contributed by atoms with Gasteiger partial charge in [0, 0.05) is 41.2 Å². The number of thiophene rings is 1. The second-order valence-corrected chi connectivity index (χ2v) is 18.6. The largest absolute Gasteiger partial charge is 0.490 e. The van der Waals surface area contributed by atoms with Gasteiger partial charge in [-0.1, -0.05) is 35.9 Å². The van der Waals surface area contributed by atoms with Crippen LogP contribution in [0.15, 0.2) is 59.6 Å². The number of hydrogen-bond donors (Lipinski definition) is 1. The van der Waals surface area contributed by atoms with Gasteiger partial charge in [-0.2, -0.15) is 5.26 Å². The maximum Gasteiger partial charge on any atom is 0.272 e. The number of aromatic nitrogens is 5. The molecule has 59 heavy (non-hydrogen) atoms. The minimum absolute atomic E-state index is 0.0420. The average molecular weight is 828 g/mol. The number of aryl methyl sites for hydroxylation is 2. The molecule has 9 rings (SSSR count). The van der Waals surface area contributed by atoms with E-state index < -0.39 is 0 Å². The van der Waals surface area contributed by atoms with Crippen molar-refractivity contribution in [3.8, 4) is 16.8 Å². The number of amides is 1. The standard InChI is InChI=1S/C46H50ClN9O2S/c1-27-29(3)59-45-41(27)42(49-28(2)43-54-51-30(4)56(43)45)33-7-5-31(6-8-33)32-17-19-46(20-18-32)21-23-55(24-22-46)40-16-15-39(52-53-40)44(57)50-35-10-13-36(14-11-35)58-37-12-9-34(26-48)38(47)25-37/h5-9,12,15-16,25,28,32,35-36H,10-11,13-14,17-24H2,1-4H3,(H,50,57)/t28-,35?,36?/m0/s1. The third-order valence-corrected chi connectivity index (χ3v) is 15.0. The Labute approximate surface area is 354 Å². The Morgan fingerprint density at radius 2 is 1.66 bits per heavy atom. The van der Waals surface area contributed by atoms with Crippen molar-refractivity contribution in [2.24, 2.45) is 10.4 Å². The van der Waals surface area contributed by atoms with E-state index in [9.17, 15) is 4.79 Å². The lowest BCUT2D eigenvalue weighted by atomic mass is 9.64. The van der Waals surface area contributed by atoms with Crippen molar-refractivity contribution < 1.29 is 9.53 Å². The topological polar surface area (TPSA) is 134 Å². The lowest BCUT2D eigenvalue weighted by Crippen LogP contribution is -2.42. The van der Waals surface area contributed by atoms with Crippen LogP contribution in [0.25, 0.3) is 5.00 Å². The summed E-state index contributed by atoms with van der Waals surface area (Å²) in [4.78, 5) is 22.0. The number of aliphatic imine (C=N–C) groups is 1. The van der Waals surface area contributed by atoms with Gasteiger partial charge in [-0.15, -0.1) is 31.7 Å². The molecule has 1 N–H and O–H groups in total. The number of nitriles is 1. The number of carbonyl (C=O) groups excluding carboxylic acids is 1. The Hall–Kier alpha value is -5.12. The molecule has 3 fully saturated rings. The number of nitrogens with one attached hydrogen (secondary N) is 1. The molecule has 1 amide bonds. The first kappa shape index (κ1) is 39.3. The molecule has 3 aromatic heterocycles. The molecular formula is C46H50ClN9O2S. The number of benzene rings is 2. The molecule has 1 saturated heterocycles. The summed E-state index contributed by atoms with van der Waals surface area (Å²) in [5.41, 5.74) is 7.29. The van der Waals surface area contributed by atoms with Crippen LogP contribution >= 0.6 is 22.9 Å². The van der Waals surface area contributed by atoms with Gasteiger partial charge in [-0.3, -0.25) is 14.4 Å². The van der Waals surface area contributed by atoms with Gasteiger partial charge in [-0.25, -0.2) is 0 Å². The monoisotopic (exact) mass is 827 g/mol. The molecule has 2 saturated carbocycles. The molecule has 5 aromatic rings. The Kier molecular flexibility index (Phi) is 10.8. The van der Waals surface area contributed by atoms with Crippen molar-refractivity contribution in [1.82, 2.24) is 30.3 Å². The van der Waals surface area contributed by atoms with E-state index in [1.165, 1.54) is 52.3 Å². The first-order chi connectivity index (χ1) is 28.6. The molecule has 0 bridgehead atoms. The number of halogens is 1. The molecule has 0 radical (unpaired) electrons. The maximum atomic E-state index is 13.1. The number of piperidine rings is 1. The van der Waals surface area contributed by atoms with Gasteiger partial charge in [0.1, 0.15) is 28.7 Å². The first-order valence-corrected chi connectivity index (χ1v) is 22.2. The predicted octanol–water partition coefficient (Wildman–Crippen LogP) is 9.55. The SMILES string of the molecule is Cc1sc2c(c1C)C(c1ccc(C3CCC4(CC3)CCN(c3ccc(C(=O)NC5CCC(Oc6ccc(C#N)c(Cl)c6)CC5)nn3)CC4)cc1)=N[C@@H](C)c1nnc(C)n1-2. The summed E-state index contributed by atoms with van der Waals surface area (Å²) in [6, 6.07) is 20.2. The smallest absolute Gasteiger partial charge is 0.272 e. The van der Waals surface area contributed by atoms with E-state index in [0.29, 0.717) is 33.4 Å². The van der Waals surface area contributed by atoms with E-state index in [1.807, 2.05) is 13.0 Å². The molecule has 5 heterocycles. The molecule has 2 aliphatic carbocycles. The Morgan fingerprint density at radius 1 is 0.915 bits per heavy atom. The van der Waals surface area contributed by atoms with Crippen LogP contribution in [0.1, 0.15) is 138 Å². The summed E-state index contributed by atoms with van der Waals surface area (Å²) in [6.07, 6.45) is 10.5. The highest BCUT2D eigenvalue weighted by Gasteiger charge is 2.39. The Bertz CT molecular complexity index is 2430. The van der Waals surface area contributed by atoms with Crippen LogP contribution in [0.2, 0.25) is 5.02 Å². The van der Waals surface area contributed by atoms with E-state index >= 15 is 0 Å². The number of nitrogens with zero attached hydrogens (tertiary/aromatic N) is 8. The zero-order chi connectivity index (χ0) is 40.8. The van der Waals surface area contributed by atoms with Gasteiger partial charge in [0.05, 0.1) is 22.4 Å². The number of hydrogen-bond acceptors (Lipinski definition) is 10. The Morgan fingerprint density at radius 3 is 2.34 bits per heavy atom. The molecule has 2 aliphatic heterocycles. The van der Waals surface area contributed by atoms with Crippen LogP contribution in [0.5, 0.6) is 5.75 Å². The van der Waals surface area contributed by atoms with Crippen molar-refractivity contribution in [2.75, 3.05) is 18.0 Å². The molecule has 4 aliphatic rings. The van der Waals surface area contributed by atoms with Gasteiger partial charge >= 0.3 is 0 Å². The third kappa shape index (κ3) is 7.75. The predicted molar refractivity (Wildman–Crippen MR) is 231 cm³/mol. The van der Waals surface area contributed by atoms with Gasteiger partial charge in [0.25, 0.3) is 5.91 Å². The van der Waals surface area contributed by atoms with Crippen LogP contribution in [-0.2, 0) is 0 Å². The minimum atomic E-state index is -0.188. The van der Waals surface area contributed by atoms with E-state index in [-0.39, 0.29) is 24.1 Å². The quantitative estimate of drug-likeness (QED) is 0.172. The lowest BCUT2D eigenvalue weighted by Gasteiger charge is -2.46. The van der Waals surface area contributed by atoms with E-state index in [0.717, 1.165) is 80.4 Å². The molecule has 304 valence electrons. The van der Waals surface area contributed by atoms with Gasteiger partial charge in [0.2, 0.25) is 0 Å². The molecule has 0 unspecified atom stereocenters. The van der Waals surface area contributed by atoms with Crippen LogP contribution in [0.3, 0.4) is 0 Å². The van der Waals surface area contributed by atoms with Crippen molar-refractivity contribution in [2.45, 2.75) is 116 Å². The maximum absolute atomic E-state index is 13.1. The van der Waals surface area contributed by atoms with Crippen LogP contribution in [0.4, 0.5) is 5.82 Å². The summed E-state index contributed by atoms with van der Waals surface area (Å²) in [6.45, 7) is 10.5. The minimum Gasteiger partial charge on any atom is -0.490 e. The first-order valence-electron chi connectivity index (χ1n) is 21.0. The van der Waals surface area contributed by atoms with Crippen molar-refractivity contribution in [1.29, 1.82) is 5.26 Å². The number of anilines is 1. The summed E-state index contributed by atoms with van der Waals surface area (Å²) in [5, 5.41) is 31.6. The zero-order valence-corrected chi connectivity index (χ0v) is 35.7. The van der Waals surface area contributed by atoms with E-state index in [2.05, 4.69) is 86.3 Å². The summed E-state index contributed by atoms with van der Waals surface area (Å²) >= 11 is 7.97. The number of rotatable bonds is 7. The van der Waals surface area contributed by atoms with Gasteiger partial charge in [0.15, 0.2) is 17.3 Å². The van der Waals surface area contributed by atoms with Crippen molar-refractivity contribution in [3.05, 3.63) is 110 Å². The zero-order valence-electron chi connectivity index (χ0n) is 34.2. The molecule has 11 nitrogen and oxygen atoms in total. The second-order valence-electron chi connectivity index (χ2n) is 17.0. The summed E-state index contributed by atoms with van der Waals surface area (Å²) in [5.74, 6) is 3.69. The normalized spacial score (nSPS) is 21.5. The fourth-order valence-electron chi connectivity index (χ4n) is 9.72. The summed E-state index contributed by atoms with van der Waals surface area (Å²) < 4.78 is 8.31. The molecule has 1 spiro atoms. The van der Waals surface area contributed by atoms with Crippen molar-refractivity contribution >= 4 is 40.4 Å². The van der Waals surface area contributed by atoms with Crippen molar-refractivity contribution in [3.63, 3.8) is 0 Å².